The second kappa shape index (κ2) is 5.19. The normalized spacial score (nSPS) is 23.8. The molecule has 6 heteroatoms. The van der Waals surface area contributed by atoms with Crippen molar-refractivity contribution in [3.8, 4) is 5.75 Å². The van der Waals surface area contributed by atoms with E-state index >= 15 is 0 Å². The van der Waals surface area contributed by atoms with Crippen LogP contribution in [0, 0.1) is 0 Å². The summed E-state index contributed by atoms with van der Waals surface area (Å²) in [5, 5.41) is 9.69. The van der Waals surface area contributed by atoms with E-state index in [1.165, 1.54) is 0 Å². The minimum absolute atomic E-state index is 0.0579. The first kappa shape index (κ1) is 13.8. The van der Waals surface area contributed by atoms with E-state index in [1.54, 1.807) is 19.1 Å². The summed E-state index contributed by atoms with van der Waals surface area (Å²) in [6.07, 6.45) is -0.457. The SMILES string of the molecule is C[C@@H](O)c1cc(Br)ccc1OC1CCS(=O)(=O)C1. The summed E-state index contributed by atoms with van der Waals surface area (Å²) < 4.78 is 29.3. The Balaban J connectivity index is 2.19. The van der Waals surface area contributed by atoms with E-state index in [-0.39, 0.29) is 17.6 Å². The van der Waals surface area contributed by atoms with Gasteiger partial charge in [-0.3, -0.25) is 0 Å². The van der Waals surface area contributed by atoms with Gasteiger partial charge in [0.05, 0.1) is 17.6 Å². The number of hydrogen-bond donors (Lipinski definition) is 1. The fraction of sp³-hybridized carbons (Fsp3) is 0.500. The third-order valence-electron chi connectivity index (χ3n) is 2.91. The van der Waals surface area contributed by atoms with E-state index in [9.17, 15) is 13.5 Å². The maximum absolute atomic E-state index is 11.4. The third kappa shape index (κ3) is 3.24. The molecular weight excluding hydrogens is 320 g/mol. The Morgan fingerprint density at radius 2 is 2.22 bits per heavy atom. The van der Waals surface area contributed by atoms with E-state index in [0.29, 0.717) is 17.7 Å². The number of hydrogen-bond acceptors (Lipinski definition) is 4. The summed E-state index contributed by atoms with van der Waals surface area (Å²) in [5.74, 6) is 0.788. The molecule has 0 spiro atoms. The quantitative estimate of drug-likeness (QED) is 0.919. The number of benzene rings is 1. The summed E-state index contributed by atoms with van der Waals surface area (Å²) in [5.41, 5.74) is 0.661. The number of ether oxygens (including phenoxy) is 1. The van der Waals surface area contributed by atoms with Gasteiger partial charge in [-0.25, -0.2) is 8.42 Å². The Labute approximate surface area is 115 Å². The largest absolute Gasteiger partial charge is 0.489 e. The van der Waals surface area contributed by atoms with E-state index < -0.39 is 15.9 Å². The van der Waals surface area contributed by atoms with Crippen molar-refractivity contribution in [1.29, 1.82) is 0 Å². The predicted octanol–water partition coefficient (Wildman–Crippen LogP) is 2.07. The third-order valence-corrected chi connectivity index (χ3v) is 5.14. The van der Waals surface area contributed by atoms with Gasteiger partial charge in [-0.05, 0) is 31.5 Å². The van der Waals surface area contributed by atoms with Gasteiger partial charge in [0.1, 0.15) is 11.9 Å². The van der Waals surface area contributed by atoms with Crippen molar-refractivity contribution < 1.29 is 18.3 Å². The van der Waals surface area contributed by atoms with Crippen LogP contribution in [0.4, 0.5) is 0 Å². The number of aliphatic hydroxyl groups excluding tert-OH is 1. The number of sulfone groups is 1. The Hall–Kier alpha value is -0.590. The van der Waals surface area contributed by atoms with Gasteiger partial charge in [0, 0.05) is 10.0 Å². The van der Waals surface area contributed by atoms with Crippen molar-refractivity contribution in [3.63, 3.8) is 0 Å². The highest BCUT2D eigenvalue weighted by Crippen LogP contribution is 2.30. The van der Waals surface area contributed by atoms with Gasteiger partial charge >= 0.3 is 0 Å². The van der Waals surface area contributed by atoms with E-state index in [0.717, 1.165) is 4.47 Å². The maximum atomic E-state index is 11.4. The van der Waals surface area contributed by atoms with Crippen LogP contribution in [0.5, 0.6) is 5.75 Å². The van der Waals surface area contributed by atoms with Gasteiger partial charge in [-0.1, -0.05) is 15.9 Å². The summed E-state index contributed by atoms with van der Waals surface area (Å²) in [6, 6.07) is 5.34. The number of aliphatic hydroxyl groups is 1. The topological polar surface area (TPSA) is 63.6 Å². The molecule has 1 unspecified atom stereocenters. The highest BCUT2D eigenvalue weighted by Gasteiger charge is 2.30. The molecule has 1 aromatic carbocycles. The minimum atomic E-state index is -2.95. The van der Waals surface area contributed by atoms with Gasteiger partial charge < -0.3 is 9.84 Å². The molecule has 1 aromatic rings. The monoisotopic (exact) mass is 334 g/mol. The van der Waals surface area contributed by atoms with Crippen LogP contribution in [0.25, 0.3) is 0 Å². The van der Waals surface area contributed by atoms with Crippen molar-refractivity contribution in [1.82, 2.24) is 0 Å². The van der Waals surface area contributed by atoms with Crippen LogP contribution in [0.3, 0.4) is 0 Å². The molecule has 1 fully saturated rings. The lowest BCUT2D eigenvalue weighted by atomic mass is 10.1. The molecule has 1 saturated heterocycles. The molecular formula is C12H15BrO4S. The summed E-state index contributed by atoms with van der Waals surface area (Å²) in [7, 11) is -2.95. The first-order valence-corrected chi connectivity index (χ1v) is 8.33. The van der Waals surface area contributed by atoms with Crippen molar-refractivity contribution >= 4 is 25.8 Å². The molecule has 0 radical (unpaired) electrons. The minimum Gasteiger partial charge on any atom is -0.489 e. The summed E-state index contributed by atoms with van der Waals surface area (Å²) >= 11 is 3.33. The van der Waals surface area contributed by atoms with Crippen LogP contribution in [0.2, 0.25) is 0 Å². The standard InChI is InChI=1S/C12H15BrO4S/c1-8(14)11-6-9(13)2-3-12(11)17-10-4-5-18(15,16)7-10/h2-3,6,8,10,14H,4-5,7H2,1H3/t8-,10?/m1/s1. The van der Waals surface area contributed by atoms with Crippen LogP contribution in [0.1, 0.15) is 25.0 Å². The zero-order valence-electron chi connectivity index (χ0n) is 9.97. The Morgan fingerprint density at radius 1 is 1.50 bits per heavy atom. The van der Waals surface area contributed by atoms with E-state index in [4.69, 9.17) is 4.74 Å². The molecule has 0 bridgehead atoms. The Bertz CT molecular complexity index is 539. The molecule has 18 heavy (non-hydrogen) atoms. The van der Waals surface area contributed by atoms with Crippen molar-refractivity contribution in [2.75, 3.05) is 11.5 Å². The maximum Gasteiger partial charge on any atom is 0.154 e. The molecule has 1 aliphatic heterocycles. The van der Waals surface area contributed by atoms with E-state index in [2.05, 4.69) is 15.9 Å². The highest BCUT2D eigenvalue weighted by molar-refractivity contribution is 9.10. The lowest BCUT2D eigenvalue weighted by molar-refractivity contribution is 0.180. The molecule has 1 N–H and O–H groups in total. The molecule has 2 atom stereocenters. The smallest absolute Gasteiger partial charge is 0.154 e. The molecule has 0 aliphatic carbocycles. The average molecular weight is 335 g/mol. The van der Waals surface area contributed by atoms with Gasteiger partial charge in [-0.2, -0.15) is 0 Å². The summed E-state index contributed by atoms with van der Waals surface area (Å²) in [4.78, 5) is 0. The molecule has 4 nitrogen and oxygen atoms in total. The lowest BCUT2D eigenvalue weighted by Gasteiger charge is -2.17. The zero-order chi connectivity index (χ0) is 13.3. The molecule has 1 heterocycles. The average Bonchev–Trinajstić information content (AvgIpc) is 2.60. The van der Waals surface area contributed by atoms with Gasteiger partial charge in [0.25, 0.3) is 0 Å². The Morgan fingerprint density at radius 3 is 2.78 bits per heavy atom. The van der Waals surface area contributed by atoms with Crippen molar-refractivity contribution in [3.05, 3.63) is 28.2 Å². The molecule has 0 amide bonds. The van der Waals surface area contributed by atoms with Gasteiger partial charge in [-0.15, -0.1) is 0 Å². The zero-order valence-corrected chi connectivity index (χ0v) is 12.4. The van der Waals surface area contributed by atoms with Crippen LogP contribution in [-0.4, -0.2) is 31.1 Å². The van der Waals surface area contributed by atoms with Crippen LogP contribution in [0.15, 0.2) is 22.7 Å². The van der Waals surface area contributed by atoms with Crippen molar-refractivity contribution in [2.24, 2.45) is 0 Å². The molecule has 0 aromatic heterocycles. The predicted molar refractivity (Wildman–Crippen MR) is 72.5 cm³/mol. The highest BCUT2D eigenvalue weighted by atomic mass is 79.9. The van der Waals surface area contributed by atoms with Crippen LogP contribution in [-0.2, 0) is 9.84 Å². The first-order chi connectivity index (χ1) is 8.37. The molecule has 0 saturated carbocycles. The van der Waals surface area contributed by atoms with Crippen LogP contribution < -0.4 is 4.74 Å². The molecule has 1 aliphatic rings. The van der Waals surface area contributed by atoms with Crippen molar-refractivity contribution in [2.45, 2.75) is 25.6 Å². The fourth-order valence-corrected chi connectivity index (χ4v) is 3.96. The van der Waals surface area contributed by atoms with Gasteiger partial charge in [0.15, 0.2) is 9.84 Å². The molecule has 2 rings (SSSR count). The fourth-order valence-electron chi connectivity index (χ4n) is 1.99. The molecule has 100 valence electrons. The second-order valence-corrected chi connectivity index (χ2v) is 7.65. The van der Waals surface area contributed by atoms with Gasteiger partial charge in [0.2, 0.25) is 0 Å². The number of halogens is 1. The second-order valence-electron chi connectivity index (χ2n) is 4.50. The Kier molecular flexibility index (Phi) is 3.99. The lowest BCUT2D eigenvalue weighted by Crippen LogP contribution is -2.18. The summed E-state index contributed by atoms with van der Waals surface area (Å²) in [6.45, 7) is 1.65. The van der Waals surface area contributed by atoms with Crippen LogP contribution >= 0.6 is 15.9 Å². The first-order valence-electron chi connectivity index (χ1n) is 5.72. The number of rotatable bonds is 3. The van der Waals surface area contributed by atoms with E-state index in [1.807, 2.05) is 6.07 Å².